The number of nitrogens with zero attached hydrogens (tertiary/aromatic N) is 1. The maximum absolute atomic E-state index is 12.6. The van der Waals surface area contributed by atoms with Crippen LogP contribution in [0.15, 0.2) is 77.1 Å². The molecule has 1 unspecified atom stereocenters. The molecule has 3 aromatic rings. The number of fused-ring (bicyclic) bond motifs is 1. The Hall–Kier alpha value is -3.45. The van der Waals surface area contributed by atoms with E-state index >= 15 is 0 Å². The molecule has 6 nitrogen and oxygen atoms in total. The molecule has 0 aliphatic carbocycles. The van der Waals surface area contributed by atoms with Crippen molar-refractivity contribution in [2.24, 2.45) is 4.99 Å². The van der Waals surface area contributed by atoms with E-state index in [1.165, 1.54) is 11.3 Å². The molecule has 0 saturated carbocycles. The third-order valence-electron chi connectivity index (χ3n) is 4.18. The molecule has 0 bridgehead atoms. The van der Waals surface area contributed by atoms with E-state index in [4.69, 9.17) is 4.74 Å². The van der Waals surface area contributed by atoms with Gasteiger partial charge in [-0.3, -0.25) is 10.1 Å². The Bertz CT molecular complexity index is 1020. The highest BCUT2D eigenvalue weighted by atomic mass is 32.1. The van der Waals surface area contributed by atoms with Crippen molar-refractivity contribution in [1.29, 1.82) is 0 Å². The lowest BCUT2D eigenvalue weighted by molar-refractivity contribution is -0.117. The van der Waals surface area contributed by atoms with Gasteiger partial charge in [0.2, 0.25) is 6.17 Å². The molecular formula is C21H17N3O3S. The Morgan fingerprint density at radius 3 is 2.54 bits per heavy atom. The lowest BCUT2D eigenvalue weighted by atomic mass is 10.0. The number of benzene rings is 2. The number of ether oxygens (including phenoxy) is 1. The highest BCUT2D eigenvalue weighted by Crippen LogP contribution is 2.29. The molecule has 1 aliphatic rings. The highest BCUT2D eigenvalue weighted by Gasteiger charge is 2.28. The fraction of sp³-hybridized carbons (Fsp3) is 0.0952. The van der Waals surface area contributed by atoms with Crippen molar-refractivity contribution in [3.05, 3.63) is 88.8 Å². The van der Waals surface area contributed by atoms with Crippen molar-refractivity contribution >= 4 is 34.0 Å². The van der Waals surface area contributed by atoms with Gasteiger partial charge < -0.3 is 10.1 Å². The molecule has 2 aromatic carbocycles. The first-order valence-electron chi connectivity index (χ1n) is 8.70. The largest absolute Gasteiger partial charge is 0.445 e. The summed E-state index contributed by atoms with van der Waals surface area (Å²) >= 11 is 1.41. The van der Waals surface area contributed by atoms with Gasteiger partial charge in [-0.05, 0) is 17.0 Å². The molecule has 2 amide bonds. The molecule has 2 N–H and O–H groups in total. The average molecular weight is 391 g/mol. The van der Waals surface area contributed by atoms with Crippen molar-refractivity contribution in [3.8, 4) is 0 Å². The van der Waals surface area contributed by atoms with Gasteiger partial charge in [0, 0.05) is 11.1 Å². The number of rotatable bonds is 4. The van der Waals surface area contributed by atoms with Gasteiger partial charge in [-0.2, -0.15) is 0 Å². The van der Waals surface area contributed by atoms with Crippen molar-refractivity contribution < 1.29 is 14.3 Å². The maximum atomic E-state index is 12.6. The van der Waals surface area contributed by atoms with Crippen LogP contribution in [0.3, 0.4) is 0 Å². The van der Waals surface area contributed by atoms with Gasteiger partial charge in [-0.15, -0.1) is 11.3 Å². The van der Waals surface area contributed by atoms with Gasteiger partial charge in [0.15, 0.2) is 0 Å². The summed E-state index contributed by atoms with van der Waals surface area (Å²) in [6, 6.07) is 20.8. The quantitative estimate of drug-likeness (QED) is 0.710. The van der Waals surface area contributed by atoms with E-state index in [2.05, 4.69) is 15.6 Å². The molecule has 1 aliphatic heterocycles. The van der Waals surface area contributed by atoms with Crippen LogP contribution in [-0.4, -0.2) is 23.9 Å². The predicted molar refractivity (Wildman–Crippen MR) is 109 cm³/mol. The van der Waals surface area contributed by atoms with Crippen molar-refractivity contribution in [2.45, 2.75) is 12.8 Å². The Labute approximate surface area is 165 Å². The summed E-state index contributed by atoms with van der Waals surface area (Å²) in [7, 11) is 0. The minimum Gasteiger partial charge on any atom is -0.445 e. The fourth-order valence-electron chi connectivity index (χ4n) is 2.83. The average Bonchev–Trinajstić information content (AvgIpc) is 3.13. The third-order valence-corrected chi connectivity index (χ3v) is 5.01. The Morgan fingerprint density at radius 1 is 1.07 bits per heavy atom. The number of alkyl carbamates (subject to hydrolysis) is 1. The second kappa shape index (κ2) is 8.06. The lowest BCUT2D eigenvalue weighted by Gasteiger charge is -2.13. The molecule has 0 fully saturated rings. The molecule has 140 valence electrons. The summed E-state index contributed by atoms with van der Waals surface area (Å²) in [4.78, 5) is 29.3. The standard InChI is InChI=1S/C21H17N3O3S/c25-19-18(23-21(26)27-13-14-7-3-1-4-8-14)22-17(15-9-5-2-6-10-15)16-11-12-28-20(16)24-19/h1-12,18H,13H2,(H,23,26)(H,24,25). The zero-order chi connectivity index (χ0) is 19.3. The zero-order valence-corrected chi connectivity index (χ0v) is 15.6. The Morgan fingerprint density at radius 2 is 1.79 bits per heavy atom. The van der Waals surface area contributed by atoms with Gasteiger partial charge in [0.25, 0.3) is 5.91 Å². The molecule has 28 heavy (non-hydrogen) atoms. The molecule has 0 saturated heterocycles. The summed E-state index contributed by atoms with van der Waals surface area (Å²) in [5, 5.41) is 7.97. The van der Waals surface area contributed by atoms with Crippen LogP contribution in [0, 0.1) is 0 Å². The highest BCUT2D eigenvalue weighted by molar-refractivity contribution is 7.14. The van der Waals surface area contributed by atoms with Crippen molar-refractivity contribution in [2.75, 3.05) is 5.32 Å². The summed E-state index contributed by atoms with van der Waals surface area (Å²) in [5.74, 6) is -0.411. The zero-order valence-electron chi connectivity index (χ0n) is 14.8. The van der Waals surface area contributed by atoms with Gasteiger partial charge in [0.1, 0.15) is 11.6 Å². The van der Waals surface area contributed by atoms with Gasteiger partial charge >= 0.3 is 6.09 Å². The fourth-order valence-corrected chi connectivity index (χ4v) is 3.62. The number of amides is 2. The number of nitrogens with one attached hydrogen (secondary N) is 2. The van der Waals surface area contributed by atoms with Crippen LogP contribution < -0.4 is 10.6 Å². The van der Waals surface area contributed by atoms with Crippen LogP contribution in [-0.2, 0) is 16.1 Å². The van der Waals surface area contributed by atoms with Crippen molar-refractivity contribution in [3.63, 3.8) is 0 Å². The molecule has 7 heteroatoms. The number of hydrogen-bond donors (Lipinski definition) is 2. The SMILES string of the molecule is O=C(NC1N=C(c2ccccc2)c2ccsc2NC1=O)OCc1ccccc1. The number of anilines is 1. The number of hydrogen-bond acceptors (Lipinski definition) is 5. The Balaban J connectivity index is 1.55. The van der Waals surface area contributed by atoms with E-state index in [1.54, 1.807) is 0 Å². The third kappa shape index (κ3) is 3.94. The molecule has 0 spiro atoms. The second-order valence-corrected chi connectivity index (χ2v) is 7.02. The second-order valence-electron chi connectivity index (χ2n) is 6.10. The molecule has 1 atom stereocenters. The number of carbonyl (C=O) groups is 2. The number of aliphatic imine (C=N–C) groups is 1. The van der Waals surface area contributed by atoms with Crippen LogP contribution in [0.4, 0.5) is 9.80 Å². The summed E-state index contributed by atoms with van der Waals surface area (Å²) < 4.78 is 5.22. The van der Waals surface area contributed by atoms with Crippen LogP contribution in [0.2, 0.25) is 0 Å². The monoisotopic (exact) mass is 391 g/mol. The first kappa shape index (κ1) is 17.9. The first-order valence-corrected chi connectivity index (χ1v) is 9.58. The summed E-state index contributed by atoms with van der Waals surface area (Å²) in [6.45, 7) is 0.115. The van der Waals surface area contributed by atoms with E-state index in [0.29, 0.717) is 10.7 Å². The first-order chi connectivity index (χ1) is 13.7. The minimum absolute atomic E-state index is 0.115. The van der Waals surface area contributed by atoms with E-state index in [9.17, 15) is 9.59 Å². The van der Waals surface area contributed by atoms with Crippen molar-refractivity contribution in [1.82, 2.24) is 5.32 Å². The molecule has 0 radical (unpaired) electrons. The topological polar surface area (TPSA) is 79.8 Å². The smallest absolute Gasteiger partial charge is 0.409 e. The van der Waals surface area contributed by atoms with E-state index in [1.807, 2.05) is 72.1 Å². The van der Waals surface area contributed by atoms with Crippen LogP contribution in [0.25, 0.3) is 0 Å². The minimum atomic E-state index is -1.09. The normalized spacial score (nSPS) is 15.6. The van der Waals surface area contributed by atoms with Crippen LogP contribution >= 0.6 is 11.3 Å². The lowest BCUT2D eigenvalue weighted by Crippen LogP contribution is -2.42. The van der Waals surface area contributed by atoms with Gasteiger partial charge in [0.05, 0.1) is 5.71 Å². The predicted octanol–water partition coefficient (Wildman–Crippen LogP) is 3.79. The molecule has 4 rings (SSSR count). The number of thiophene rings is 1. The Kier molecular flexibility index (Phi) is 5.16. The number of carbonyl (C=O) groups excluding carboxylic acids is 2. The molecule has 2 heterocycles. The summed E-state index contributed by atoms with van der Waals surface area (Å²) in [6.07, 6.45) is -1.79. The van der Waals surface area contributed by atoms with E-state index < -0.39 is 18.2 Å². The van der Waals surface area contributed by atoms with Crippen LogP contribution in [0.5, 0.6) is 0 Å². The van der Waals surface area contributed by atoms with E-state index in [-0.39, 0.29) is 6.61 Å². The molecular weight excluding hydrogens is 374 g/mol. The maximum Gasteiger partial charge on any atom is 0.409 e. The van der Waals surface area contributed by atoms with E-state index in [0.717, 1.165) is 16.7 Å². The summed E-state index contributed by atoms with van der Waals surface area (Å²) in [5.41, 5.74) is 3.19. The van der Waals surface area contributed by atoms with Gasteiger partial charge in [-0.25, -0.2) is 9.79 Å². The van der Waals surface area contributed by atoms with Crippen LogP contribution in [0.1, 0.15) is 16.7 Å². The van der Waals surface area contributed by atoms with Gasteiger partial charge in [-0.1, -0.05) is 60.7 Å². The molecule has 1 aromatic heterocycles.